The highest BCUT2D eigenvalue weighted by molar-refractivity contribution is 7.12. The zero-order chi connectivity index (χ0) is 18.2. The third kappa shape index (κ3) is 5.72. The Morgan fingerprint density at radius 3 is 2.56 bits per heavy atom. The van der Waals surface area contributed by atoms with Gasteiger partial charge in [0.05, 0.1) is 17.3 Å². The van der Waals surface area contributed by atoms with Crippen LogP contribution in [0.2, 0.25) is 0 Å². The normalized spacial score (nSPS) is 11.6. The van der Waals surface area contributed by atoms with Crippen molar-refractivity contribution in [2.24, 2.45) is 0 Å². The lowest BCUT2D eigenvalue weighted by Gasteiger charge is -2.19. The van der Waals surface area contributed by atoms with Crippen LogP contribution in [-0.2, 0) is 9.59 Å². The van der Waals surface area contributed by atoms with Gasteiger partial charge in [0, 0.05) is 13.0 Å². The molecular weight excluding hydrogens is 340 g/mol. The summed E-state index contributed by atoms with van der Waals surface area (Å²) in [6.45, 7) is 2.06. The molecule has 3 N–H and O–H groups in total. The van der Waals surface area contributed by atoms with Gasteiger partial charge in [-0.3, -0.25) is 14.4 Å². The summed E-state index contributed by atoms with van der Waals surface area (Å²) in [6.07, 6.45) is -0.114. The summed E-state index contributed by atoms with van der Waals surface area (Å²) in [5, 5.41) is 16.3. The van der Waals surface area contributed by atoms with Gasteiger partial charge in [-0.1, -0.05) is 30.3 Å². The standard InChI is InChI=1S/C18H20N2O4S/c1-12-5-2-3-6-13(12)14(11-17(22)23)20-16(21)8-9-19-18(24)15-7-4-10-25-15/h2-7,10,14H,8-9,11H2,1H3,(H,19,24)(H,20,21)(H,22,23). The topological polar surface area (TPSA) is 95.5 Å². The van der Waals surface area contributed by atoms with E-state index in [-0.39, 0.29) is 31.2 Å². The first-order valence-electron chi connectivity index (χ1n) is 7.85. The number of nitrogens with one attached hydrogen (secondary N) is 2. The Bertz CT molecular complexity index is 743. The Kier molecular flexibility index (Phi) is 6.71. The van der Waals surface area contributed by atoms with E-state index in [1.165, 1.54) is 11.3 Å². The van der Waals surface area contributed by atoms with Crippen molar-refractivity contribution < 1.29 is 19.5 Å². The Morgan fingerprint density at radius 2 is 1.92 bits per heavy atom. The van der Waals surface area contributed by atoms with Gasteiger partial charge in [-0.25, -0.2) is 0 Å². The number of aliphatic carboxylic acids is 1. The molecule has 1 atom stereocenters. The molecule has 1 heterocycles. The smallest absolute Gasteiger partial charge is 0.305 e. The number of carboxylic acids is 1. The fourth-order valence-corrected chi connectivity index (χ4v) is 3.08. The van der Waals surface area contributed by atoms with Crippen LogP contribution < -0.4 is 10.6 Å². The summed E-state index contributed by atoms with van der Waals surface area (Å²) >= 11 is 1.33. The number of hydrogen-bond donors (Lipinski definition) is 3. The van der Waals surface area contributed by atoms with E-state index in [0.29, 0.717) is 4.88 Å². The van der Waals surface area contributed by atoms with Crippen LogP contribution in [0.25, 0.3) is 0 Å². The number of aryl methyl sites for hydroxylation is 1. The van der Waals surface area contributed by atoms with Crippen LogP contribution in [0.3, 0.4) is 0 Å². The second kappa shape index (κ2) is 8.98. The number of amides is 2. The number of carbonyl (C=O) groups excluding carboxylic acids is 2. The van der Waals surface area contributed by atoms with Crippen molar-refractivity contribution in [2.75, 3.05) is 6.54 Å². The van der Waals surface area contributed by atoms with E-state index in [1.807, 2.05) is 31.2 Å². The van der Waals surface area contributed by atoms with E-state index in [2.05, 4.69) is 10.6 Å². The monoisotopic (exact) mass is 360 g/mol. The SMILES string of the molecule is Cc1ccccc1C(CC(=O)O)NC(=O)CCNC(=O)c1cccs1. The number of hydrogen-bond acceptors (Lipinski definition) is 4. The predicted octanol–water partition coefficient (Wildman–Crippen LogP) is 2.51. The van der Waals surface area contributed by atoms with Crippen molar-refractivity contribution in [1.29, 1.82) is 0 Å². The molecule has 7 heteroatoms. The number of carbonyl (C=O) groups is 3. The van der Waals surface area contributed by atoms with Crippen LogP contribution in [0.15, 0.2) is 41.8 Å². The van der Waals surface area contributed by atoms with Gasteiger partial charge in [0.25, 0.3) is 5.91 Å². The molecule has 0 aliphatic heterocycles. The highest BCUT2D eigenvalue weighted by Gasteiger charge is 2.19. The van der Waals surface area contributed by atoms with Crippen molar-refractivity contribution in [1.82, 2.24) is 10.6 Å². The van der Waals surface area contributed by atoms with Gasteiger partial charge in [-0.15, -0.1) is 11.3 Å². The summed E-state index contributed by atoms with van der Waals surface area (Å²) < 4.78 is 0. The van der Waals surface area contributed by atoms with Crippen LogP contribution >= 0.6 is 11.3 Å². The summed E-state index contributed by atoms with van der Waals surface area (Å²) in [4.78, 5) is 35.6. The molecule has 0 bridgehead atoms. The molecule has 1 aromatic heterocycles. The maximum atomic E-state index is 12.1. The maximum Gasteiger partial charge on any atom is 0.305 e. The van der Waals surface area contributed by atoms with Gasteiger partial charge in [-0.05, 0) is 29.5 Å². The predicted molar refractivity (Wildman–Crippen MR) is 95.6 cm³/mol. The molecule has 25 heavy (non-hydrogen) atoms. The molecule has 1 aromatic carbocycles. The Morgan fingerprint density at radius 1 is 1.16 bits per heavy atom. The molecule has 0 saturated carbocycles. The third-order valence-corrected chi connectivity index (χ3v) is 4.53. The number of carboxylic acid groups (broad SMARTS) is 1. The van der Waals surface area contributed by atoms with Crippen molar-refractivity contribution in [3.63, 3.8) is 0 Å². The zero-order valence-corrected chi connectivity index (χ0v) is 14.6. The fourth-order valence-electron chi connectivity index (χ4n) is 2.44. The average Bonchev–Trinajstić information content (AvgIpc) is 3.08. The molecule has 0 fully saturated rings. The highest BCUT2D eigenvalue weighted by atomic mass is 32.1. The number of benzene rings is 1. The quantitative estimate of drug-likeness (QED) is 0.674. The first-order chi connectivity index (χ1) is 12.0. The molecule has 1 unspecified atom stereocenters. The largest absolute Gasteiger partial charge is 0.481 e. The summed E-state index contributed by atoms with van der Waals surface area (Å²) in [5.74, 6) is -1.51. The van der Waals surface area contributed by atoms with Gasteiger partial charge in [0.2, 0.25) is 5.91 Å². The maximum absolute atomic E-state index is 12.1. The Labute approximate surface area is 149 Å². The van der Waals surface area contributed by atoms with Gasteiger partial charge >= 0.3 is 5.97 Å². The zero-order valence-electron chi connectivity index (χ0n) is 13.8. The van der Waals surface area contributed by atoms with Crippen LogP contribution in [0.5, 0.6) is 0 Å². The van der Waals surface area contributed by atoms with Crippen LogP contribution in [-0.4, -0.2) is 29.4 Å². The second-order valence-corrected chi connectivity index (χ2v) is 6.51. The van der Waals surface area contributed by atoms with Crippen molar-refractivity contribution in [3.8, 4) is 0 Å². The molecule has 0 aliphatic rings. The second-order valence-electron chi connectivity index (χ2n) is 5.56. The van der Waals surface area contributed by atoms with Gasteiger partial charge in [0.15, 0.2) is 0 Å². The third-order valence-electron chi connectivity index (χ3n) is 3.66. The van der Waals surface area contributed by atoms with E-state index >= 15 is 0 Å². The van der Waals surface area contributed by atoms with Crippen molar-refractivity contribution >= 4 is 29.1 Å². The molecule has 2 amide bonds. The van der Waals surface area contributed by atoms with E-state index < -0.39 is 12.0 Å². The lowest BCUT2D eigenvalue weighted by atomic mass is 9.98. The number of thiophene rings is 1. The van der Waals surface area contributed by atoms with E-state index in [4.69, 9.17) is 5.11 Å². The van der Waals surface area contributed by atoms with Crippen LogP contribution in [0.1, 0.15) is 39.7 Å². The van der Waals surface area contributed by atoms with Gasteiger partial charge in [0.1, 0.15) is 0 Å². The summed E-state index contributed by atoms with van der Waals surface area (Å²) in [6, 6.07) is 10.2. The minimum Gasteiger partial charge on any atom is -0.481 e. The minimum atomic E-state index is -0.987. The van der Waals surface area contributed by atoms with Crippen molar-refractivity contribution in [2.45, 2.75) is 25.8 Å². The molecular formula is C18H20N2O4S. The van der Waals surface area contributed by atoms with E-state index in [9.17, 15) is 14.4 Å². The van der Waals surface area contributed by atoms with Crippen molar-refractivity contribution in [3.05, 3.63) is 57.8 Å². The molecule has 0 radical (unpaired) electrons. The Hall–Kier alpha value is -2.67. The fraction of sp³-hybridized carbons (Fsp3) is 0.278. The lowest BCUT2D eigenvalue weighted by Crippen LogP contribution is -2.34. The van der Waals surface area contributed by atoms with Crippen LogP contribution in [0, 0.1) is 6.92 Å². The van der Waals surface area contributed by atoms with Gasteiger partial charge < -0.3 is 15.7 Å². The number of rotatable bonds is 8. The van der Waals surface area contributed by atoms with E-state index in [1.54, 1.807) is 17.5 Å². The summed E-state index contributed by atoms with van der Waals surface area (Å²) in [5.41, 5.74) is 1.70. The molecule has 0 aliphatic carbocycles. The molecule has 0 saturated heterocycles. The minimum absolute atomic E-state index is 0.0825. The first-order valence-corrected chi connectivity index (χ1v) is 8.73. The highest BCUT2D eigenvalue weighted by Crippen LogP contribution is 2.20. The molecule has 2 rings (SSSR count). The molecule has 132 valence electrons. The lowest BCUT2D eigenvalue weighted by molar-refractivity contribution is -0.137. The molecule has 2 aromatic rings. The average molecular weight is 360 g/mol. The van der Waals surface area contributed by atoms with Gasteiger partial charge in [-0.2, -0.15) is 0 Å². The summed E-state index contributed by atoms with van der Waals surface area (Å²) in [7, 11) is 0. The molecule has 0 spiro atoms. The molecule has 6 nitrogen and oxygen atoms in total. The van der Waals surface area contributed by atoms with E-state index in [0.717, 1.165) is 11.1 Å². The Balaban J connectivity index is 1.90. The van der Waals surface area contributed by atoms with Crippen LogP contribution in [0.4, 0.5) is 0 Å². The first kappa shape index (κ1) is 18.7.